The number of aliphatic hydroxyl groups is 1. The Labute approximate surface area is 78.7 Å². The number of benzene rings is 1. The zero-order valence-corrected chi connectivity index (χ0v) is 7.66. The van der Waals surface area contributed by atoms with Crippen molar-refractivity contribution in [3.8, 4) is 0 Å². The van der Waals surface area contributed by atoms with Crippen LogP contribution in [0.25, 0.3) is 6.08 Å². The summed E-state index contributed by atoms with van der Waals surface area (Å²) in [7, 11) is 0. The second kappa shape index (κ2) is 3.00. The highest BCUT2D eigenvalue weighted by Gasteiger charge is 2.43. The van der Waals surface area contributed by atoms with E-state index in [2.05, 4.69) is 30.8 Å². The lowest BCUT2D eigenvalue weighted by Crippen LogP contribution is -2.11. The van der Waals surface area contributed by atoms with Gasteiger partial charge in [-0.1, -0.05) is 36.9 Å². The van der Waals surface area contributed by atoms with Gasteiger partial charge in [0, 0.05) is 5.41 Å². The summed E-state index contributed by atoms with van der Waals surface area (Å²) in [6.07, 6.45) is 4.08. The van der Waals surface area contributed by atoms with Crippen molar-refractivity contribution in [1.29, 1.82) is 0 Å². The van der Waals surface area contributed by atoms with Gasteiger partial charge in [0.05, 0.1) is 6.61 Å². The van der Waals surface area contributed by atoms with Gasteiger partial charge in [0.15, 0.2) is 0 Å². The summed E-state index contributed by atoms with van der Waals surface area (Å²) in [5.74, 6) is 0. The molecule has 1 nitrogen and oxygen atoms in total. The molecule has 1 N–H and O–H groups in total. The van der Waals surface area contributed by atoms with E-state index in [1.807, 2.05) is 6.08 Å². The van der Waals surface area contributed by atoms with Gasteiger partial charge < -0.3 is 5.11 Å². The Morgan fingerprint density at radius 2 is 1.92 bits per heavy atom. The van der Waals surface area contributed by atoms with Crippen molar-refractivity contribution < 1.29 is 5.11 Å². The lowest BCUT2D eigenvalue weighted by Gasteiger charge is -2.11. The van der Waals surface area contributed by atoms with Crippen LogP contribution in [0.2, 0.25) is 0 Å². The van der Waals surface area contributed by atoms with Gasteiger partial charge in [0.2, 0.25) is 0 Å². The highest BCUT2D eigenvalue weighted by Crippen LogP contribution is 2.47. The Balaban J connectivity index is 2.27. The van der Waals surface area contributed by atoms with E-state index in [-0.39, 0.29) is 12.0 Å². The zero-order valence-electron chi connectivity index (χ0n) is 7.66. The molecule has 0 bridgehead atoms. The molecule has 1 saturated carbocycles. The molecule has 0 aliphatic heterocycles. The predicted molar refractivity (Wildman–Crippen MR) is 54.5 cm³/mol. The molecule has 0 aromatic heterocycles. The number of rotatable bonds is 3. The maximum Gasteiger partial charge on any atom is 0.0527 e. The molecule has 68 valence electrons. The Kier molecular flexibility index (Phi) is 1.97. The molecule has 0 amide bonds. The van der Waals surface area contributed by atoms with Crippen molar-refractivity contribution in [3.05, 3.63) is 42.0 Å². The minimum absolute atomic E-state index is 0.0969. The van der Waals surface area contributed by atoms with Gasteiger partial charge in [-0.05, 0) is 24.0 Å². The fraction of sp³-hybridized carbons (Fsp3) is 0.333. The molecule has 1 aromatic rings. The summed E-state index contributed by atoms with van der Waals surface area (Å²) in [6, 6.07) is 8.30. The van der Waals surface area contributed by atoms with Crippen LogP contribution in [-0.2, 0) is 5.41 Å². The lowest BCUT2D eigenvalue weighted by atomic mass is 9.96. The van der Waals surface area contributed by atoms with Crippen LogP contribution < -0.4 is 0 Å². The van der Waals surface area contributed by atoms with Crippen LogP contribution in [0.15, 0.2) is 30.8 Å². The molecule has 0 atom stereocenters. The molecule has 0 spiro atoms. The van der Waals surface area contributed by atoms with Gasteiger partial charge in [-0.15, -0.1) is 0 Å². The smallest absolute Gasteiger partial charge is 0.0527 e. The Hall–Kier alpha value is -1.08. The molecule has 13 heavy (non-hydrogen) atoms. The molecule has 0 saturated heterocycles. The first kappa shape index (κ1) is 8.52. The summed E-state index contributed by atoms with van der Waals surface area (Å²) < 4.78 is 0. The first-order chi connectivity index (χ1) is 6.30. The van der Waals surface area contributed by atoms with E-state index in [9.17, 15) is 5.11 Å². The number of hydrogen-bond donors (Lipinski definition) is 1. The Morgan fingerprint density at radius 3 is 2.31 bits per heavy atom. The highest BCUT2D eigenvalue weighted by atomic mass is 16.3. The SMILES string of the molecule is C=Cc1ccc(C2(CO)CC2)cc1. The third-order valence-corrected chi connectivity index (χ3v) is 2.91. The van der Waals surface area contributed by atoms with Crippen molar-refractivity contribution in [2.45, 2.75) is 18.3 Å². The van der Waals surface area contributed by atoms with E-state index in [4.69, 9.17) is 0 Å². The Bertz CT molecular complexity index is 306. The van der Waals surface area contributed by atoms with Crippen molar-refractivity contribution in [3.63, 3.8) is 0 Å². The number of hydrogen-bond acceptors (Lipinski definition) is 1. The maximum absolute atomic E-state index is 9.22. The Morgan fingerprint density at radius 1 is 1.31 bits per heavy atom. The molecule has 0 radical (unpaired) electrons. The van der Waals surface area contributed by atoms with Gasteiger partial charge in [-0.3, -0.25) is 0 Å². The fourth-order valence-corrected chi connectivity index (χ4v) is 1.66. The molecule has 1 aromatic carbocycles. The average Bonchev–Trinajstić information content (AvgIpc) is 2.99. The van der Waals surface area contributed by atoms with E-state index >= 15 is 0 Å². The third kappa shape index (κ3) is 1.40. The summed E-state index contributed by atoms with van der Waals surface area (Å²) in [5, 5.41) is 9.22. The van der Waals surface area contributed by atoms with Crippen LogP contribution in [0.1, 0.15) is 24.0 Å². The molecule has 1 fully saturated rings. The van der Waals surface area contributed by atoms with Crippen LogP contribution in [0, 0.1) is 0 Å². The molecular formula is C12H14O. The van der Waals surface area contributed by atoms with Crippen LogP contribution in [0.4, 0.5) is 0 Å². The minimum Gasteiger partial charge on any atom is -0.395 e. The van der Waals surface area contributed by atoms with Gasteiger partial charge in [-0.25, -0.2) is 0 Å². The second-order valence-electron chi connectivity index (χ2n) is 3.76. The summed E-state index contributed by atoms with van der Waals surface area (Å²) in [6.45, 7) is 3.99. The van der Waals surface area contributed by atoms with Crippen LogP contribution in [0.5, 0.6) is 0 Å². The maximum atomic E-state index is 9.22. The van der Waals surface area contributed by atoms with Gasteiger partial charge >= 0.3 is 0 Å². The largest absolute Gasteiger partial charge is 0.395 e. The second-order valence-corrected chi connectivity index (χ2v) is 3.76. The quantitative estimate of drug-likeness (QED) is 0.745. The fourth-order valence-electron chi connectivity index (χ4n) is 1.66. The van der Waals surface area contributed by atoms with Gasteiger partial charge in [0.1, 0.15) is 0 Å². The van der Waals surface area contributed by atoms with Gasteiger partial charge in [0.25, 0.3) is 0 Å². The normalized spacial score (nSPS) is 18.2. The first-order valence-corrected chi connectivity index (χ1v) is 4.65. The summed E-state index contributed by atoms with van der Waals surface area (Å²) in [5.41, 5.74) is 2.50. The minimum atomic E-state index is 0.0969. The van der Waals surface area contributed by atoms with Crippen molar-refractivity contribution in [2.24, 2.45) is 0 Å². The van der Waals surface area contributed by atoms with Crippen molar-refractivity contribution >= 4 is 6.08 Å². The van der Waals surface area contributed by atoms with E-state index in [1.165, 1.54) is 5.56 Å². The third-order valence-electron chi connectivity index (χ3n) is 2.91. The van der Waals surface area contributed by atoms with E-state index in [1.54, 1.807) is 0 Å². The summed E-state index contributed by atoms with van der Waals surface area (Å²) >= 11 is 0. The standard InChI is InChI=1S/C12H14O/c1-2-10-3-5-11(6-4-10)12(9-13)7-8-12/h2-6,13H,1,7-9H2. The predicted octanol–water partition coefficient (Wildman–Crippen LogP) is 2.35. The average molecular weight is 174 g/mol. The van der Waals surface area contributed by atoms with Crippen LogP contribution >= 0.6 is 0 Å². The summed E-state index contributed by atoms with van der Waals surface area (Å²) in [4.78, 5) is 0. The van der Waals surface area contributed by atoms with Crippen molar-refractivity contribution in [1.82, 2.24) is 0 Å². The first-order valence-electron chi connectivity index (χ1n) is 4.65. The molecular weight excluding hydrogens is 160 g/mol. The van der Waals surface area contributed by atoms with Crippen molar-refractivity contribution in [2.75, 3.05) is 6.61 Å². The molecule has 1 aliphatic rings. The molecule has 1 heteroatoms. The highest BCUT2D eigenvalue weighted by molar-refractivity contribution is 5.48. The zero-order chi connectivity index (χ0) is 9.31. The van der Waals surface area contributed by atoms with E-state index in [0.29, 0.717) is 0 Å². The molecule has 1 aliphatic carbocycles. The van der Waals surface area contributed by atoms with Crippen LogP contribution in [-0.4, -0.2) is 11.7 Å². The van der Waals surface area contributed by atoms with Crippen LogP contribution in [0.3, 0.4) is 0 Å². The molecule has 0 heterocycles. The topological polar surface area (TPSA) is 20.2 Å². The van der Waals surface area contributed by atoms with Gasteiger partial charge in [-0.2, -0.15) is 0 Å². The number of aliphatic hydroxyl groups excluding tert-OH is 1. The van der Waals surface area contributed by atoms with E-state index in [0.717, 1.165) is 18.4 Å². The van der Waals surface area contributed by atoms with E-state index < -0.39 is 0 Å². The molecule has 2 rings (SSSR count). The monoisotopic (exact) mass is 174 g/mol. The molecule has 0 unspecified atom stereocenters. The lowest BCUT2D eigenvalue weighted by molar-refractivity contribution is 0.255.